The largest absolute Gasteiger partial charge is 4.00 e. The van der Waals surface area contributed by atoms with Gasteiger partial charge in [0.05, 0.1) is 0 Å². The molecule has 0 bridgehead atoms. The van der Waals surface area contributed by atoms with E-state index in [9.17, 15) is 0 Å². The zero-order valence-electron chi connectivity index (χ0n) is 9.25. The van der Waals surface area contributed by atoms with Gasteiger partial charge >= 0.3 is 21.1 Å². The molecule has 0 aliphatic heterocycles. The minimum atomic E-state index is -4.42. The molecular weight excluding hydrogens is 560 g/mol. The molecular formula is H8N4O12S4W. The summed E-state index contributed by atoms with van der Waals surface area (Å²) in [6.07, 6.45) is 0. The van der Waals surface area contributed by atoms with Gasteiger partial charge in [0, 0.05) is 0 Å². The molecule has 0 aliphatic carbocycles. The van der Waals surface area contributed by atoms with Crippen molar-refractivity contribution >= 4 is 41.2 Å². The molecule has 0 rings (SSSR count). The molecule has 0 aromatic carbocycles. The molecule has 21 heavy (non-hydrogen) atoms. The summed E-state index contributed by atoms with van der Waals surface area (Å²) < 4.78 is 106. The van der Waals surface area contributed by atoms with Gasteiger partial charge in [0.15, 0.2) is 41.2 Å². The van der Waals surface area contributed by atoms with Crippen LogP contribution in [0.25, 0.3) is 0 Å². The van der Waals surface area contributed by atoms with E-state index in [0.717, 1.165) is 0 Å². The fourth-order valence-electron chi connectivity index (χ4n) is 0. The third-order valence-corrected chi connectivity index (χ3v) is 0. The maximum Gasteiger partial charge on any atom is 4.00 e. The minimum Gasteiger partial charge on any atom is -0.736 e. The van der Waals surface area contributed by atoms with E-state index in [4.69, 9.17) is 51.9 Å². The molecule has 0 saturated carbocycles. The first-order valence-corrected chi connectivity index (χ1v) is 8.83. The van der Waals surface area contributed by atoms with Gasteiger partial charge < -0.3 is 18.2 Å². The van der Waals surface area contributed by atoms with Crippen molar-refractivity contribution in [3.63, 3.8) is 0 Å². The van der Waals surface area contributed by atoms with Crippen molar-refractivity contribution in [3.8, 4) is 0 Å². The first kappa shape index (κ1) is 32.9. The van der Waals surface area contributed by atoms with Crippen molar-refractivity contribution in [2.75, 3.05) is 0 Å². The summed E-state index contributed by atoms with van der Waals surface area (Å²) >= 11 is 0. The average Bonchev–Trinajstić information content (AvgIpc) is 1.62. The van der Waals surface area contributed by atoms with Crippen LogP contribution in [0.2, 0.25) is 0 Å². The Morgan fingerprint density at radius 2 is 0.429 bits per heavy atom. The fourth-order valence-corrected chi connectivity index (χ4v) is 0. The molecule has 0 fully saturated rings. The number of nitrogens with two attached hydrogens (primary N) is 4. The minimum absolute atomic E-state index is 0. The Kier molecular flexibility index (Phi) is 19.9. The van der Waals surface area contributed by atoms with Crippen LogP contribution < -0.4 is 20.6 Å². The molecule has 0 aliphatic rings. The van der Waals surface area contributed by atoms with Gasteiger partial charge in [-0.1, -0.05) is 0 Å². The van der Waals surface area contributed by atoms with E-state index in [2.05, 4.69) is 20.6 Å². The molecule has 8 N–H and O–H groups in total. The smallest absolute Gasteiger partial charge is 0.736 e. The summed E-state index contributed by atoms with van der Waals surface area (Å²) in [6, 6.07) is 0. The monoisotopic (exact) mass is 568 g/mol. The number of hydrogen-bond donors (Lipinski definition) is 4. The van der Waals surface area contributed by atoms with E-state index in [1.807, 2.05) is 0 Å². The average molecular weight is 568 g/mol. The predicted octanol–water partition coefficient (Wildman–Crippen LogP) is -6.38. The van der Waals surface area contributed by atoms with E-state index in [1.165, 1.54) is 0 Å². The summed E-state index contributed by atoms with van der Waals surface area (Å²) in [5.74, 6) is 0. The first-order chi connectivity index (χ1) is 8.00. The zero-order valence-corrected chi connectivity index (χ0v) is 15.4. The van der Waals surface area contributed by atoms with Gasteiger partial charge in [0.2, 0.25) is 0 Å². The first-order valence-electron chi connectivity index (χ1n) is 2.94. The Balaban J connectivity index is -0.0000000533. The van der Waals surface area contributed by atoms with Crippen molar-refractivity contribution in [3.05, 3.63) is 0 Å². The van der Waals surface area contributed by atoms with Crippen LogP contribution in [-0.4, -0.2) is 51.9 Å². The molecule has 130 valence electrons. The van der Waals surface area contributed by atoms with Gasteiger partial charge in [-0.2, -0.15) is 0 Å². The van der Waals surface area contributed by atoms with Crippen molar-refractivity contribution in [1.29, 1.82) is 0 Å². The second-order valence-corrected chi connectivity index (χ2v) is 5.91. The number of rotatable bonds is 0. The van der Waals surface area contributed by atoms with Crippen LogP contribution in [0.3, 0.4) is 0 Å². The second kappa shape index (κ2) is 12.7. The van der Waals surface area contributed by atoms with Gasteiger partial charge in [0.1, 0.15) is 0 Å². The van der Waals surface area contributed by atoms with E-state index >= 15 is 0 Å². The molecule has 0 spiro atoms. The summed E-state index contributed by atoms with van der Waals surface area (Å²) in [6.45, 7) is 0. The molecule has 0 aromatic rings. The standard InChI is InChI=1S/4H3NO3S.W/c4*1-5(2,3)4;/h4*(H3,1,2,3,4);/q;;;;+4/p-4. The maximum atomic E-state index is 8.85. The van der Waals surface area contributed by atoms with Gasteiger partial charge in [-0.15, -0.1) is 0 Å². The zero-order chi connectivity index (χ0) is 18.0. The van der Waals surface area contributed by atoms with Crippen molar-refractivity contribution in [2.24, 2.45) is 20.6 Å². The Morgan fingerprint density at radius 3 is 0.429 bits per heavy atom. The summed E-state index contributed by atoms with van der Waals surface area (Å²) in [5.41, 5.74) is 0. The Morgan fingerprint density at radius 1 is 0.429 bits per heavy atom. The summed E-state index contributed by atoms with van der Waals surface area (Å²) in [5, 5.41) is 15.1. The van der Waals surface area contributed by atoms with Crippen LogP contribution >= 0.6 is 0 Å². The van der Waals surface area contributed by atoms with E-state index in [1.54, 1.807) is 0 Å². The molecule has 0 radical (unpaired) electrons. The summed E-state index contributed by atoms with van der Waals surface area (Å²) in [7, 11) is -17.7. The quantitative estimate of drug-likeness (QED) is 0.198. The number of hydrogen-bond acceptors (Lipinski definition) is 12. The third-order valence-electron chi connectivity index (χ3n) is 0. The van der Waals surface area contributed by atoms with Crippen LogP contribution in [0.5, 0.6) is 0 Å². The van der Waals surface area contributed by atoms with Crippen LogP contribution in [0.4, 0.5) is 0 Å². The van der Waals surface area contributed by atoms with Crippen LogP contribution in [-0.2, 0) is 62.3 Å². The molecule has 0 unspecified atom stereocenters. The normalized spacial score (nSPS) is 11.0. The van der Waals surface area contributed by atoms with Crippen molar-refractivity contribution in [2.45, 2.75) is 0 Å². The Bertz CT molecular complexity index is 486. The molecule has 21 heteroatoms. The van der Waals surface area contributed by atoms with Gasteiger partial charge in [-0.05, 0) is 0 Å². The Hall–Kier alpha value is 0.168. The summed E-state index contributed by atoms with van der Waals surface area (Å²) in [4.78, 5) is 0. The molecule has 0 aromatic heterocycles. The van der Waals surface area contributed by atoms with E-state index in [0.29, 0.717) is 0 Å². The Labute approximate surface area is 134 Å². The van der Waals surface area contributed by atoms with Gasteiger partial charge in [-0.25, -0.2) is 54.2 Å². The fraction of sp³-hybridized carbons (Fsp3) is 0. The van der Waals surface area contributed by atoms with Crippen LogP contribution in [0.15, 0.2) is 0 Å². The molecule has 0 heterocycles. The molecule has 0 amide bonds. The van der Waals surface area contributed by atoms with Crippen molar-refractivity contribution in [1.82, 2.24) is 0 Å². The van der Waals surface area contributed by atoms with Crippen LogP contribution in [0.1, 0.15) is 0 Å². The van der Waals surface area contributed by atoms with Gasteiger partial charge in [0.25, 0.3) is 0 Å². The van der Waals surface area contributed by atoms with Crippen molar-refractivity contribution < 1.29 is 72.9 Å². The molecule has 0 saturated heterocycles. The van der Waals surface area contributed by atoms with Crippen LogP contribution in [0, 0.1) is 0 Å². The SMILES string of the molecule is NS(=O)(=O)[O-].NS(=O)(=O)[O-].NS(=O)(=O)[O-].NS(=O)(=O)[O-].[W+4]. The predicted molar refractivity (Wildman–Crippen MR) is 55.5 cm³/mol. The van der Waals surface area contributed by atoms with E-state index in [-0.39, 0.29) is 21.1 Å². The molecule has 16 nitrogen and oxygen atoms in total. The molecule has 0 atom stereocenters. The third kappa shape index (κ3) is 235000. The van der Waals surface area contributed by atoms with Gasteiger partial charge in [-0.3, -0.25) is 0 Å². The topological polar surface area (TPSA) is 333 Å². The maximum absolute atomic E-state index is 8.85. The second-order valence-electron chi connectivity index (χ2n) is 1.97. The van der Waals surface area contributed by atoms with E-state index < -0.39 is 41.2 Å².